The highest BCUT2D eigenvalue weighted by Crippen LogP contribution is 2.46. The lowest BCUT2D eigenvalue weighted by molar-refractivity contribution is 0.684. The summed E-state index contributed by atoms with van der Waals surface area (Å²) < 4.78 is 2.41. The van der Waals surface area contributed by atoms with Gasteiger partial charge in [-0.2, -0.15) is 0 Å². The highest BCUT2D eigenvalue weighted by Gasteiger charge is 2.25. The molecule has 1 N–H and O–H groups in total. The summed E-state index contributed by atoms with van der Waals surface area (Å²) in [6.07, 6.45) is 9.51. The minimum atomic E-state index is 1.04. The van der Waals surface area contributed by atoms with Crippen molar-refractivity contribution in [1.82, 2.24) is 0 Å². The number of hydrogen-bond acceptors (Lipinski definition) is 3. The van der Waals surface area contributed by atoms with E-state index in [0.29, 0.717) is 0 Å². The number of halogens is 2. The lowest BCUT2D eigenvalue weighted by Gasteiger charge is -2.32. The quantitative estimate of drug-likeness (QED) is 0.104. The molecule has 16 aromatic rings. The Bertz CT molecular complexity index is 5780. The maximum atomic E-state index is 3.69. The van der Waals surface area contributed by atoms with Crippen molar-refractivity contribution in [3.63, 3.8) is 0 Å². The van der Waals surface area contributed by atoms with Crippen LogP contribution >= 0.6 is 31.9 Å². The van der Waals surface area contributed by atoms with Crippen molar-refractivity contribution in [3.05, 3.63) is 430 Å². The molecule has 5 heteroatoms. The van der Waals surface area contributed by atoms with E-state index in [1.807, 2.05) is 6.07 Å². The smallest absolute Gasteiger partial charge is 0.0496 e. The Kier molecular flexibility index (Phi) is 23.0. The Balaban J connectivity index is 0.000000174. The third kappa shape index (κ3) is 17.4. The molecule has 0 saturated heterocycles. The minimum Gasteiger partial charge on any atom is -0.356 e. The number of nitrogens with one attached hydrogen (secondary N) is 1. The molecule has 2 aliphatic carbocycles. The molecule has 3 nitrogen and oxygen atoms in total. The summed E-state index contributed by atoms with van der Waals surface area (Å²) in [6.45, 7) is 6.39. The normalized spacial score (nSPS) is 12.0. The Morgan fingerprint density at radius 2 is 0.464 bits per heavy atom. The van der Waals surface area contributed by atoms with Crippen LogP contribution in [0.25, 0.3) is 89.0 Å². The third-order valence-corrected chi connectivity index (χ3v) is 23.1. The Labute approximate surface area is 678 Å². The van der Waals surface area contributed by atoms with E-state index in [4.69, 9.17) is 0 Å². The van der Waals surface area contributed by atoms with Crippen LogP contribution in [0.5, 0.6) is 0 Å². The molecule has 2 aliphatic rings. The highest BCUT2D eigenvalue weighted by atomic mass is 79.9. The molecule has 546 valence electrons. The van der Waals surface area contributed by atoms with E-state index in [2.05, 4.69) is 444 Å². The zero-order chi connectivity index (χ0) is 76.1. The zero-order valence-electron chi connectivity index (χ0n) is 63.7. The van der Waals surface area contributed by atoms with Gasteiger partial charge in [-0.15, -0.1) is 0 Å². The monoisotopic (exact) mass is 1570 g/mol. The van der Waals surface area contributed by atoms with Crippen LogP contribution in [-0.2, 0) is 25.7 Å². The van der Waals surface area contributed by atoms with Crippen LogP contribution in [-0.4, -0.2) is 0 Å². The lowest BCUT2D eigenvalue weighted by atomic mass is 9.84. The zero-order valence-corrected chi connectivity index (χ0v) is 66.9. The van der Waals surface area contributed by atoms with Crippen LogP contribution < -0.4 is 15.1 Å². The van der Waals surface area contributed by atoms with Gasteiger partial charge in [0.1, 0.15) is 0 Å². The topological polar surface area (TPSA) is 18.5 Å². The van der Waals surface area contributed by atoms with Crippen molar-refractivity contribution in [3.8, 4) is 89.0 Å². The Hall–Kier alpha value is -12.1. The first-order chi connectivity index (χ1) is 55.0. The van der Waals surface area contributed by atoms with Gasteiger partial charge in [-0.3, -0.25) is 0 Å². The maximum absolute atomic E-state index is 3.69. The fourth-order valence-electron chi connectivity index (χ4n) is 15.7. The van der Waals surface area contributed by atoms with Gasteiger partial charge < -0.3 is 15.1 Å². The first-order valence-corrected chi connectivity index (χ1v) is 40.8. The van der Waals surface area contributed by atoms with Crippen LogP contribution in [0.15, 0.2) is 391 Å². The first kappa shape index (κ1) is 74.0. The molecule has 0 amide bonds. The molecule has 18 rings (SSSR count). The van der Waals surface area contributed by atoms with E-state index in [9.17, 15) is 0 Å². The maximum Gasteiger partial charge on any atom is 0.0496 e. The average Bonchev–Trinajstić information content (AvgIpc) is 0.765. The molecular formula is C107H89Br2N3. The molecule has 0 fully saturated rings. The van der Waals surface area contributed by atoms with Crippen LogP contribution in [0.4, 0.5) is 45.5 Å². The van der Waals surface area contributed by atoms with Gasteiger partial charge in [-0.05, 0) is 293 Å². The SMILES string of the molecule is Brc1ccc(-c2ccc(Br)c3c2CCCC3)cc1.Cc1ccc(-c2ccc(N(c3ccc(-c4ccccc4)cc3)c3ccc(-c4ccc(N(c5ccc(-c6ccccc6)cc5)c5ccc(-c6ccc(C)cc6)cc5)c5c4CCCC5)cc3)cc2)cc1.Cc1ccc(-c2ccc(Nc3ccc(-c4ccccc4)cc3)cc2)cc1. The summed E-state index contributed by atoms with van der Waals surface area (Å²) in [5.74, 6) is 0. The molecular weight excluding hydrogens is 1490 g/mol. The van der Waals surface area contributed by atoms with Crippen LogP contribution in [0.1, 0.15) is 64.6 Å². The van der Waals surface area contributed by atoms with Crippen molar-refractivity contribution in [2.45, 2.75) is 72.1 Å². The van der Waals surface area contributed by atoms with Crippen molar-refractivity contribution < 1.29 is 0 Å². The van der Waals surface area contributed by atoms with Crippen molar-refractivity contribution in [1.29, 1.82) is 0 Å². The van der Waals surface area contributed by atoms with Gasteiger partial charge in [0.2, 0.25) is 0 Å². The van der Waals surface area contributed by atoms with E-state index >= 15 is 0 Å². The summed E-state index contributed by atoms with van der Waals surface area (Å²) in [5, 5.41) is 3.47. The second-order valence-electron chi connectivity index (χ2n) is 29.4. The minimum absolute atomic E-state index is 1.04. The standard InChI is InChI=1S/C66H54N2.C25H21N.C16H14Br2/c1-47-17-21-51(22-18-47)55-27-37-59(38-28-55)67(58-35-25-53(26-36-58)49-11-5-3-6-12-49)60-43-33-57(34-44-60)63-45-46-66(65-16-10-9-15-64(63)65)68(61-39-29-54(30-40-61)50-13-7-4-8-14-50)62-41-31-56(32-42-62)52-23-19-48(2)20-24-52;1-19-7-9-21(10-8-19)23-13-17-25(18-14-23)26-24-15-11-22(12-16-24)20-5-3-2-4-6-20;17-12-7-5-11(6-8-12)13-9-10-16(18)15-4-2-1-3-14(13)15/h3-8,11-14,17-46H,9-10,15-16H2,1-2H3;2-18,26H,1H3;5-10H,1-4H2. The average molecular weight is 1580 g/mol. The summed E-state index contributed by atoms with van der Waals surface area (Å²) in [4.78, 5) is 4.86. The molecule has 16 aromatic carbocycles. The largest absolute Gasteiger partial charge is 0.356 e. The second kappa shape index (κ2) is 34.8. The van der Waals surface area contributed by atoms with Crippen LogP contribution in [0, 0.1) is 20.8 Å². The fourth-order valence-corrected chi connectivity index (χ4v) is 16.6. The molecule has 0 bridgehead atoms. The van der Waals surface area contributed by atoms with Gasteiger partial charge in [0.25, 0.3) is 0 Å². The van der Waals surface area contributed by atoms with Gasteiger partial charge in [0.05, 0.1) is 0 Å². The summed E-state index contributed by atoms with van der Waals surface area (Å²) in [7, 11) is 0. The van der Waals surface area contributed by atoms with Gasteiger partial charge in [0, 0.05) is 54.4 Å². The van der Waals surface area contributed by atoms with Gasteiger partial charge >= 0.3 is 0 Å². The molecule has 0 spiro atoms. The highest BCUT2D eigenvalue weighted by molar-refractivity contribution is 9.10. The number of rotatable bonds is 16. The molecule has 0 saturated carbocycles. The van der Waals surface area contributed by atoms with Crippen molar-refractivity contribution in [2.75, 3.05) is 15.1 Å². The molecule has 0 atom stereocenters. The number of anilines is 8. The van der Waals surface area contributed by atoms with Crippen molar-refractivity contribution in [2.24, 2.45) is 0 Å². The molecule has 0 radical (unpaired) electrons. The third-order valence-electron chi connectivity index (χ3n) is 21.9. The molecule has 0 aromatic heterocycles. The summed E-state index contributed by atoms with van der Waals surface area (Å²) >= 11 is 7.19. The molecule has 0 unspecified atom stereocenters. The number of nitrogens with zero attached hydrogens (tertiary/aromatic N) is 2. The van der Waals surface area contributed by atoms with Gasteiger partial charge in [0.15, 0.2) is 0 Å². The number of hydrogen-bond donors (Lipinski definition) is 1. The Morgan fingerprint density at radius 1 is 0.214 bits per heavy atom. The van der Waals surface area contributed by atoms with Gasteiger partial charge in [-0.1, -0.05) is 322 Å². The Morgan fingerprint density at radius 3 is 0.804 bits per heavy atom. The molecule has 112 heavy (non-hydrogen) atoms. The molecule has 0 heterocycles. The summed E-state index contributed by atoms with van der Waals surface area (Å²) in [5.41, 5.74) is 38.9. The fraction of sp³-hybridized carbons (Fsp3) is 0.103. The summed E-state index contributed by atoms with van der Waals surface area (Å²) in [6, 6.07) is 138. The van der Waals surface area contributed by atoms with Crippen molar-refractivity contribution >= 4 is 77.4 Å². The van der Waals surface area contributed by atoms with Crippen LogP contribution in [0.3, 0.4) is 0 Å². The van der Waals surface area contributed by atoms with E-state index in [1.54, 1.807) is 0 Å². The molecule has 0 aliphatic heterocycles. The van der Waals surface area contributed by atoms with Gasteiger partial charge in [-0.25, -0.2) is 0 Å². The predicted octanol–water partition coefficient (Wildman–Crippen LogP) is 31.3. The van der Waals surface area contributed by atoms with E-state index < -0.39 is 0 Å². The predicted molar refractivity (Wildman–Crippen MR) is 485 cm³/mol. The second-order valence-corrected chi connectivity index (χ2v) is 31.2. The number of benzene rings is 16. The number of aryl methyl sites for hydroxylation is 3. The lowest BCUT2D eigenvalue weighted by Crippen LogP contribution is -2.16. The first-order valence-electron chi connectivity index (χ1n) is 39.2. The van der Waals surface area contributed by atoms with Crippen LogP contribution in [0.2, 0.25) is 0 Å². The van der Waals surface area contributed by atoms with E-state index in [0.717, 1.165) is 57.1 Å². The number of fused-ring (bicyclic) bond motifs is 2. The van der Waals surface area contributed by atoms with E-state index in [1.165, 1.54) is 177 Å². The van der Waals surface area contributed by atoms with E-state index in [-0.39, 0.29) is 0 Å².